The fourth-order valence-electron chi connectivity index (χ4n) is 3.30. The first-order valence-electron chi connectivity index (χ1n) is 8.46. The summed E-state index contributed by atoms with van der Waals surface area (Å²) in [5.41, 5.74) is 0.655. The van der Waals surface area contributed by atoms with Crippen LogP contribution in [0.15, 0.2) is 30.3 Å². The molecule has 1 atom stereocenters. The molecule has 132 valence electrons. The lowest BCUT2D eigenvalue weighted by Gasteiger charge is -2.36. The maximum Gasteiger partial charge on any atom is 0.500 e. The zero-order chi connectivity index (χ0) is 18.0. The van der Waals surface area contributed by atoms with E-state index < -0.39 is 6.04 Å². The quantitative estimate of drug-likeness (QED) is 0.814. The first-order chi connectivity index (χ1) is 12.0. The second kappa shape index (κ2) is 7.14. The maximum atomic E-state index is 12.4. The van der Waals surface area contributed by atoms with Crippen LogP contribution in [-0.2, 0) is 4.79 Å². The van der Waals surface area contributed by atoms with Gasteiger partial charge in [-0.1, -0.05) is 18.2 Å². The SMILES string of the molecule is CN1C(=O)C(N2CCC(NC(=O)c3ccccc3)CC2)C=[N+](C)C1=O. The average Bonchev–Trinajstić information content (AvgIpc) is 2.64. The van der Waals surface area contributed by atoms with E-state index in [-0.39, 0.29) is 23.9 Å². The van der Waals surface area contributed by atoms with E-state index in [9.17, 15) is 14.4 Å². The molecular weight excluding hydrogens is 320 g/mol. The van der Waals surface area contributed by atoms with Crippen LogP contribution < -0.4 is 5.32 Å². The first kappa shape index (κ1) is 17.3. The maximum absolute atomic E-state index is 12.4. The molecule has 1 aromatic rings. The van der Waals surface area contributed by atoms with Crippen molar-refractivity contribution in [3.05, 3.63) is 35.9 Å². The monoisotopic (exact) mass is 343 g/mol. The highest BCUT2D eigenvalue weighted by atomic mass is 16.2. The number of likely N-dealkylation sites (tertiary alicyclic amines) is 1. The number of piperidine rings is 1. The second-order valence-electron chi connectivity index (χ2n) is 6.53. The van der Waals surface area contributed by atoms with Crippen LogP contribution in [0.25, 0.3) is 0 Å². The van der Waals surface area contributed by atoms with Crippen LogP contribution in [0.2, 0.25) is 0 Å². The zero-order valence-electron chi connectivity index (χ0n) is 14.5. The van der Waals surface area contributed by atoms with Gasteiger partial charge in [0.05, 0.1) is 14.1 Å². The molecule has 25 heavy (non-hydrogen) atoms. The highest BCUT2D eigenvalue weighted by Crippen LogP contribution is 2.16. The van der Waals surface area contributed by atoms with Gasteiger partial charge >= 0.3 is 11.9 Å². The number of carbonyl (C=O) groups excluding carboxylic acids is 3. The topological polar surface area (TPSA) is 72.7 Å². The van der Waals surface area contributed by atoms with Gasteiger partial charge in [-0.15, -0.1) is 0 Å². The fourth-order valence-corrected chi connectivity index (χ4v) is 3.30. The summed E-state index contributed by atoms with van der Waals surface area (Å²) >= 11 is 0. The number of hydrogen-bond donors (Lipinski definition) is 1. The van der Waals surface area contributed by atoms with Crippen molar-refractivity contribution in [1.29, 1.82) is 0 Å². The van der Waals surface area contributed by atoms with Gasteiger partial charge in [0.15, 0.2) is 6.04 Å². The van der Waals surface area contributed by atoms with Crippen LogP contribution in [-0.4, -0.2) is 77.7 Å². The number of imide groups is 1. The van der Waals surface area contributed by atoms with Crippen molar-refractivity contribution in [2.75, 3.05) is 27.2 Å². The standard InChI is InChI=1S/C18H22N4O3/c1-20-12-15(17(24)21(2)18(20)25)22-10-8-14(9-11-22)19-16(23)13-6-4-3-5-7-13/h3-7,12,14-15H,8-11H2,1-2H3/p+1. The summed E-state index contributed by atoms with van der Waals surface area (Å²) in [6.07, 6.45) is 3.22. The summed E-state index contributed by atoms with van der Waals surface area (Å²) < 4.78 is 1.45. The molecule has 7 heteroatoms. The molecule has 4 amide bonds. The molecule has 1 N–H and O–H groups in total. The molecule has 1 saturated heterocycles. The molecule has 1 unspecified atom stereocenters. The van der Waals surface area contributed by atoms with Gasteiger partial charge in [-0.2, -0.15) is 9.69 Å². The number of carbonyl (C=O) groups is 3. The Morgan fingerprint density at radius 1 is 1.16 bits per heavy atom. The van der Waals surface area contributed by atoms with Crippen LogP contribution in [0, 0.1) is 0 Å². The zero-order valence-corrected chi connectivity index (χ0v) is 14.5. The Morgan fingerprint density at radius 3 is 2.44 bits per heavy atom. The highest BCUT2D eigenvalue weighted by molar-refractivity contribution is 6.06. The third kappa shape index (κ3) is 3.61. The minimum absolute atomic E-state index is 0.0654. The molecule has 7 nitrogen and oxygen atoms in total. The molecule has 0 aromatic heterocycles. The average molecular weight is 343 g/mol. The molecule has 0 aliphatic carbocycles. The van der Waals surface area contributed by atoms with E-state index >= 15 is 0 Å². The first-order valence-corrected chi connectivity index (χ1v) is 8.46. The number of rotatable bonds is 3. The molecule has 1 fully saturated rings. The van der Waals surface area contributed by atoms with E-state index in [0.29, 0.717) is 18.7 Å². The number of nitrogens with zero attached hydrogens (tertiary/aromatic N) is 3. The van der Waals surface area contributed by atoms with Crippen LogP contribution >= 0.6 is 0 Å². The van der Waals surface area contributed by atoms with Crippen LogP contribution in [0.1, 0.15) is 23.2 Å². The summed E-state index contributed by atoms with van der Waals surface area (Å²) in [7, 11) is 3.17. The molecule has 2 heterocycles. The smallest absolute Gasteiger partial charge is 0.349 e. The Morgan fingerprint density at radius 2 is 1.80 bits per heavy atom. The number of benzene rings is 1. The van der Waals surface area contributed by atoms with E-state index in [0.717, 1.165) is 17.7 Å². The normalized spacial score (nSPS) is 22.7. The molecule has 3 rings (SSSR count). The molecular formula is C18H23N4O3+. The Balaban J connectivity index is 1.58. The molecule has 0 radical (unpaired) electrons. The van der Waals surface area contributed by atoms with Crippen LogP contribution in [0.5, 0.6) is 0 Å². The van der Waals surface area contributed by atoms with Gasteiger partial charge in [0.2, 0.25) is 0 Å². The van der Waals surface area contributed by atoms with Crippen molar-refractivity contribution in [2.24, 2.45) is 0 Å². The summed E-state index contributed by atoms with van der Waals surface area (Å²) in [4.78, 5) is 39.6. The molecule has 2 aliphatic rings. The predicted octanol–water partition coefficient (Wildman–Crippen LogP) is 0.554. The number of urea groups is 1. The van der Waals surface area contributed by atoms with Crippen molar-refractivity contribution in [3.63, 3.8) is 0 Å². The molecule has 0 spiro atoms. The third-order valence-corrected chi connectivity index (χ3v) is 4.83. The van der Waals surface area contributed by atoms with Gasteiger partial charge in [0.25, 0.3) is 5.91 Å². The lowest BCUT2D eigenvalue weighted by molar-refractivity contribution is -0.401. The summed E-state index contributed by atoms with van der Waals surface area (Å²) in [6, 6.07) is 8.52. The molecule has 2 aliphatic heterocycles. The van der Waals surface area contributed by atoms with Gasteiger partial charge in [-0.3, -0.25) is 9.69 Å². The van der Waals surface area contributed by atoms with E-state index in [1.807, 2.05) is 18.2 Å². The van der Waals surface area contributed by atoms with E-state index in [4.69, 9.17) is 0 Å². The van der Waals surface area contributed by atoms with Gasteiger partial charge < -0.3 is 5.32 Å². The largest absolute Gasteiger partial charge is 0.500 e. The van der Waals surface area contributed by atoms with Crippen molar-refractivity contribution in [3.8, 4) is 0 Å². The highest BCUT2D eigenvalue weighted by Gasteiger charge is 2.42. The minimum atomic E-state index is -0.418. The number of nitrogens with one attached hydrogen (secondary N) is 1. The van der Waals surface area contributed by atoms with Gasteiger partial charge in [0, 0.05) is 24.7 Å². The summed E-state index contributed by atoms with van der Waals surface area (Å²) in [6.45, 7) is 1.39. The number of likely N-dealkylation sites (N-methyl/N-ethyl adjacent to an activating group) is 1. The van der Waals surface area contributed by atoms with E-state index in [2.05, 4.69) is 10.2 Å². The number of amides is 4. The van der Waals surface area contributed by atoms with Crippen molar-refractivity contribution in [2.45, 2.75) is 24.9 Å². The lowest BCUT2D eigenvalue weighted by atomic mass is 10.0. The molecule has 0 bridgehead atoms. The van der Waals surface area contributed by atoms with Crippen molar-refractivity contribution < 1.29 is 19.0 Å². The van der Waals surface area contributed by atoms with Crippen molar-refractivity contribution >= 4 is 24.1 Å². The Bertz CT molecular complexity index is 708. The lowest BCUT2D eigenvalue weighted by Crippen LogP contribution is -2.59. The van der Waals surface area contributed by atoms with Gasteiger partial charge in [-0.05, 0) is 25.0 Å². The summed E-state index contributed by atoms with van der Waals surface area (Å²) in [5.74, 6) is -0.265. The second-order valence-corrected chi connectivity index (χ2v) is 6.53. The molecule has 1 aromatic carbocycles. The van der Waals surface area contributed by atoms with Gasteiger partial charge in [0.1, 0.15) is 6.21 Å². The minimum Gasteiger partial charge on any atom is -0.349 e. The third-order valence-electron chi connectivity index (χ3n) is 4.83. The van der Waals surface area contributed by atoms with E-state index in [1.54, 1.807) is 25.4 Å². The number of hydrogen-bond acceptors (Lipinski definition) is 4. The molecule has 0 saturated carbocycles. The fraction of sp³-hybridized carbons (Fsp3) is 0.444. The van der Waals surface area contributed by atoms with E-state index in [1.165, 1.54) is 11.6 Å². The Labute approximate surface area is 146 Å². The van der Waals surface area contributed by atoms with Crippen LogP contribution in [0.4, 0.5) is 4.79 Å². The predicted molar refractivity (Wildman–Crippen MR) is 92.7 cm³/mol. The Kier molecular flexibility index (Phi) is 4.94. The van der Waals surface area contributed by atoms with Gasteiger partial charge in [-0.25, -0.2) is 9.37 Å². The summed E-state index contributed by atoms with van der Waals surface area (Å²) in [5, 5.41) is 3.06. The van der Waals surface area contributed by atoms with Crippen LogP contribution in [0.3, 0.4) is 0 Å². The van der Waals surface area contributed by atoms with Crippen molar-refractivity contribution in [1.82, 2.24) is 15.1 Å². The Hall–Kier alpha value is -2.54.